The van der Waals surface area contributed by atoms with Crippen molar-refractivity contribution >= 4 is 22.6 Å². The zero-order valence-corrected chi connectivity index (χ0v) is 10.7. The Hall–Kier alpha value is 0.530. The van der Waals surface area contributed by atoms with Crippen molar-refractivity contribution in [3.05, 3.63) is 0 Å². The van der Waals surface area contributed by atoms with Crippen LogP contribution < -0.4 is 0 Å². The van der Waals surface area contributed by atoms with Crippen LogP contribution in [0.1, 0.15) is 13.8 Å². The fourth-order valence-corrected chi connectivity index (χ4v) is 3.04. The topological polar surface area (TPSA) is 68.2 Å². The molecule has 0 amide bonds. The van der Waals surface area contributed by atoms with Crippen molar-refractivity contribution in [3.63, 3.8) is 0 Å². The van der Waals surface area contributed by atoms with E-state index < -0.39 is 24.3 Å². The standard InChI is InChI=1S/C9H15IO5/c1-9(2)14-7-5(10)6(4(12)3-11)13-8(7)15-9/h4-8,11-12H,3H2,1-2H3/t4-,5-,6-,7-,8-/m1/s1. The Kier molecular flexibility index (Phi) is 3.26. The molecule has 2 saturated heterocycles. The average molecular weight is 330 g/mol. The summed E-state index contributed by atoms with van der Waals surface area (Å²) in [6.07, 6.45) is -1.92. The molecule has 0 bridgehead atoms. The van der Waals surface area contributed by atoms with Crippen molar-refractivity contribution in [2.24, 2.45) is 0 Å². The first kappa shape index (κ1) is 12.0. The summed E-state index contributed by atoms with van der Waals surface area (Å²) in [7, 11) is 0. The van der Waals surface area contributed by atoms with Crippen LogP contribution in [-0.4, -0.2) is 51.1 Å². The molecule has 15 heavy (non-hydrogen) atoms. The van der Waals surface area contributed by atoms with Gasteiger partial charge in [-0.25, -0.2) is 0 Å². The predicted octanol–water partition coefficient (Wildman–Crippen LogP) is 0.0196. The second-order valence-electron chi connectivity index (χ2n) is 4.26. The molecule has 0 saturated carbocycles. The van der Waals surface area contributed by atoms with E-state index in [1.165, 1.54) is 0 Å². The Balaban J connectivity index is 2.05. The number of aliphatic hydroxyl groups is 2. The molecule has 0 radical (unpaired) electrons. The second kappa shape index (κ2) is 4.08. The number of hydrogen-bond donors (Lipinski definition) is 2. The van der Waals surface area contributed by atoms with Crippen molar-refractivity contribution in [1.82, 2.24) is 0 Å². The van der Waals surface area contributed by atoms with Gasteiger partial charge in [-0.1, -0.05) is 22.6 Å². The van der Waals surface area contributed by atoms with Gasteiger partial charge in [0.25, 0.3) is 0 Å². The molecule has 0 aromatic rings. The van der Waals surface area contributed by atoms with Gasteiger partial charge in [0.1, 0.15) is 18.3 Å². The van der Waals surface area contributed by atoms with Gasteiger partial charge in [0, 0.05) is 0 Å². The number of fused-ring (bicyclic) bond motifs is 1. The Bertz CT molecular complexity index is 247. The molecule has 2 N–H and O–H groups in total. The molecule has 5 nitrogen and oxygen atoms in total. The van der Waals surface area contributed by atoms with Gasteiger partial charge in [0.15, 0.2) is 12.1 Å². The minimum Gasteiger partial charge on any atom is -0.394 e. The Labute approximate surface area is 102 Å². The summed E-state index contributed by atoms with van der Waals surface area (Å²) in [5.41, 5.74) is 0. The first-order chi connectivity index (χ1) is 6.94. The fraction of sp³-hybridized carbons (Fsp3) is 1.00. The van der Waals surface area contributed by atoms with Gasteiger partial charge in [-0.3, -0.25) is 0 Å². The minimum atomic E-state index is -0.882. The van der Waals surface area contributed by atoms with E-state index in [2.05, 4.69) is 22.6 Å². The van der Waals surface area contributed by atoms with Crippen LogP contribution in [0.5, 0.6) is 0 Å². The molecule has 5 atom stereocenters. The van der Waals surface area contributed by atoms with Gasteiger partial charge in [-0.05, 0) is 13.8 Å². The molecule has 88 valence electrons. The zero-order valence-electron chi connectivity index (χ0n) is 8.59. The van der Waals surface area contributed by atoms with Crippen LogP contribution in [0.25, 0.3) is 0 Å². The van der Waals surface area contributed by atoms with Crippen LogP contribution in [0, 0.1) is 0 Å². The molecule has 6 heteroatoms. The molecule has 0 aliphatic carbocycles. The molecular formula is C9H15IO5. The second-order valence-corrected chi connectivity index (χ2v) is 5.70. The first-order valence-corrected chi connectivity index (χ1v) is 6.13. The third kappa shape index (κ3) is 2.16. The lowest BCUT2D eigenvalue weighted by Gasteiger charge is -2.24. The number of aliphatic hydroxyl groups excluding tert-OH is 2. The molecule has 0 aromatic heterocycles. The molecule has 0 spiro atoms. The first-order valence-electron chi connectivity index (χ1n) is 4.89. The number of rotatable bonds is 2. The van der Waals surface area contributed by atoms with Gasteiger partial charge >= 0.3 is 0 Å². The normalized spacial score (nSPS) is 45.4. The van der Waals surface area contributed by atoms with E-state index in [9.17, 15) is 5.11 Å². The summed E-state index contributed by atoms with van der Waals surface area (Å²) < 4.78 is 16.7. The zero-order chi connectivity index (χ0) is 11.2. The van der Waals surface area contributed by atoms with Crippen LogP contribution in [0.3, 0.4) is 0 Å². The molecular weight excluding hydrogens is 315 g/mol. The summed E-state index contributed by atoms with van der Waals surface area (Å²) in [4.78, 5) is 0. The van der Waals surface area contributed by atoms with Crippen LogP contribution in [0.4, 0.5) is 0 Å². The maximum atomic E-state index is 9.52. The molecule has 0 aromatic carbocycles. The van der Waals surface area contributed by atoms with Crippen molar-refractivity contribution in [3.8, 4) is 0 Å². The van der Waals surface area contributed by atoms with E-state index in [0.717, 1.165) is 0 Å². The average Bonchev–Trinajstić information content (AvgIpc) is 2.60. The maximum Gasteiger partial charge on any atom is 0.188 e. The van der Waals surface area contributed by atoms with Gasteiger partial charge in [0.2, 0.25) is 0 Å². The number of alkyl halides is 1. The van der Waals surface area contributed by atoms with Gasteiger partial charge in [-0.2, -0.15) is 0 Å². The summed E-state index contributed by atoms with van der Waals surface area (Å²) in [5, 5.41) is 18.4. The summed E-state index contributed by atoms with van der Waals surface area (Å²) in [6, 6.07) is 0. The van der Waals surface area contributed by atoms with Gasteiger partial charge in [-0.15, -0.1) is 0 Å². The highest BCUT2D eigenvalue weighted by Gasteiger charge is 2.55. The van der Waals surface area contributed by atoms with Crippen molar-refractivity contribution < 1.29 is 24.4 Å². The number of hydrogen-bond acceptors (Lipinski definition) is 5. The van der Waals surface area contributed by atoms with E-state index >= 15 is 0 Å². The molecule has 2 rings (SSSR count). The lowest BCUT2D eigenvalue weighted by atomic mass is 10.1. The summed E-state index contributed by atoms with van der Waals surface area (Å²) in [5.74, 6) is -0.631. The van der Waals surface area contributed by atoms with Crippen molar-refractivity contribution in [2.75, 3.05) is 6.61 Å². The molecule has 2 aliphatic heterocycles. The number of halogens is 1. The van der Waals surface area contributed by atoms with Crippen molar-refractivity contribution in [2.45, 2.75) is 48.2 Å². The van der Waals surface area contributed by atoms with E-state index in [1.54, 1.807) is 0 Å². The smallest absolute Gasteiger partial charge is 0.188 e. The minimum absolute atomic E-state index is 0.0171. The highest BCUT2D eigenvalue weighted by atomic mass is 127. The highest BCUT2D eigenvalue weighted by Crippen LogP contribution is 2.41. The van der Waals surface area contributed by atoms with E-state index in [1.807, 2.05) is 13.8 Å². The monoisotopic (exact) mass is 330 g/mol. The van der Waals surface area contributed by atoms with Crippen LogP contribution in [0.15, 0.2) is 0 Å². The molecule has 2 aliphatic rings. The largest absolute Gasteiger partial charge is 0.394 e. The third-order valence-corrected chi connectivity index (χ3v) is 3.99. The van der Waals surface area contributed by atoms with Crippen molar-refractivity contribution in [1.29, 1.82) is 0 Å². The fourth-order valence-electron chi connectivity index (χ4n) is 1.90. The third-order valence-electron chi connectivity index (χ3n) is 2.57. The highest BCUT2D eigenvalue weighted by molar-refractivity contribution is 14.1. The van der Waals surface area contributed by atoms with Gasteiger partial charge < -0.3 is 24.4 Å². The van der Waals surface area contributed by atoms with Crippen LogP contribution >= 0.6 is 22.6 Å². The lowest BCUT2D eigenvalue weighted by molar-refractivity contribution is -0.214. The molecule has 2 fully saturated rings. The van der Waals surface area contributed by atoms with E-state index in [4.69, 9.17) is 19.3 Å². The van der Waals surface area contributed by atoms with Crippen LogP contribution in [-0.2, 0) is 14.2 Å². The quantitative estimate of drug-likeness (QED) is 0.552. The Morgan fingerprint density at radius 2 is 2.07 bits per heavy atom. The summed E-state index contributed by atoms with van der Waals surface area (Å²) in [6.45, 7) is 3.35. The predicted molar refractivity (Wildman–Crippen MR) is 59.6 cm³/mol. The molecule has 2 heterocycles. The summed E-state index contributed by atoms with van der Waals surface area (Å²) >= 11 is 2.17. The molecule has 0 unspecified atom stereocenters. The Morgan fingerprint density at radius 3 is 2.60 bits per heavy atom. The van der Waals surface area contributed by atoms with E-state index in [0.29, 0.717) is 0 Å². The van der Waals surface area contributed by atoms with Crippen LogP contribution in [0.2, 0.25) is 0 Å². The lowest BCUT2D eigenvalue weighted by Crippen LogP contribution is -2.39. The maximum absolute atomic E-state index is 9.52. The number of ether oxygens (including phenoxy) is 3. The SMILES string of the molecule is CC1(C)O[C@H]2O[C@H]([C@H](O)CO)[C@@H](I)[C@H]2O1. The Morgan fingerprint density at radius 1 is 1.40 bits per heavy atom. The van der Waals surface area contributed by atoms with E-state index in [-0.39, 0.29) is 16.6 Å². The van der Waals surface area contributed by atoms with Gasteiger partial charge in [0.05, 0.1) is 10.5 Å².